The van der Waals surface area contributed by atoms with Crippen LogP contribution in [0, 0.1) is 0 Å². The Hall–Kier alpha value is -3.19. The van der Waals surface area contributed by atoms with Crippen molar-refractivity contribution >= 4 is 23.4 Å². The van der Waals surface area contributed by atoms with Crippen molar-refractivity contribution in [3.8, 4) is 0 Å². The minimum absolute atomic E-state index is 0.0576. The quantitative estimate of drug-likeness (QED) is 0.559. The number of anilines is 1. The van der Waals surface area contributed by atoms with Crippen molar-refractivity contribution in [2.45, 2.75) is 25.3 Å². The first kappa shape index (κ1) is 21.5. The molecule has 0 heterocycles. The van der Waals surface area contributed by atoms with E-state index >= 15 is 0 Å². The van der Waals surface area contributed by atoms with Crippen molar-refractivity contribution < 1.29 is 14.4 Å². The topological polar surface area (TPSA) is 90.5 Å². The first-order valence-electron chi connectivity index (χ1n) is 10.2. The third kappa shape index (κ3) is 7.00. The molecule has 1 aliphatic rings. The Bertz CT molecular complexity index is 881. The van der Waals surface area contributed by atoms with Crippen LogP contribution in [0.3, 0.4) is 0 Å². The Balaban J connectivity index is 1.48. The first-order chi connectivity index (χ1) is 14.5. The number of hydrogen-bond donors (Lipinski definition) is 3. The molecule has 1 aliphatic carbocycles. The average molecular weight is 409 g/mol. The fourth-order valence-corrected chi connectivity index (χ4v) is 3.09. The Kier molecular flexibility index (Phi) is 7.57. The summed E-state index contributed by atoms with van der Waals surface area (Å²) in [6, 6.07) is 17.1. The number of likely N-dealkylation sites (N-methyl/N-ethyl adjacent to an activating group) is 1. The molecule has 0 unspecified atom stereocenters. The molecular formula is C23H28N4O3. The van der Waals surface area contributed by atoms with Crippen LogP contribution >= 0.6 is 0 Å². The number of nitrogens with zero attached hydrogens (tertiary/aromatic N) is 1. The second kappa shape index (κ2) is 10.5. The fraction of sp³-hybridized carbons (Fsp3) is 0.348. The third-order valence-corrected chi connectivity index (χ3v) is 4.76. The van der Waals surface area contributed by atoms with Crippen molar-refractivity contribution in [2.75, 3.05) is 32.0 Å². The van der Waals surface area contributed by atoms with Crippen molar-refractivity contribution in [2.24, 2.45) is 0 Å². The van der Waals surface area contributed by atoms with E-state index in [1.165, 1.54) is 0 Å². The summed E-state index contributed by atoms with van der Waals surface area (Å²) in [6.07, 6.45) is 2.79. The molecule has 1 saturated carbocycles. The lowest BCUT2D eigenvalue weighted by Gasteiger charge is -2.17. The molecule has 158 valence electrons. The molecule has 3 amide bonds. The largest absolute Gasteiger partial charge is 0.352 e. The predicted octanol–water partition coefficient (Wildman–Crippen LogP) is 1.81. The zero-order chi connectivity index (χ0) is 21.3. The molecule has 7 nitrogen and oxygen atoms in total. The van der Waals surface area contributed by atoms with E-state index < -0.39 is 0 Å². The highest BCUT2D eigenvalue weighted by molar-refractivity contribution is 6.04. The second-order valence-electron chi connectivity index (χ2n) is 7.60. The van der Waals surface area contributed by atoms with Crippen molar-refractivity contribution in [3.05, 3.63) is 65.7 Å². The van der Waals surface area contributed by atoms with Gasteiger partial charge in [0.25, 0.3) is 5.91 Å². The van der Waals surface area contributed by atoms with Crippen molar-refractivity contribution in [1.82, 2.24) is 15.5 Å². The summed E-state index contributed by atoms with van der Waals surface area (Å²) < 4.78 is 0. The lowest BCUT2D eigenvalue weighted by Crippen LogP contribution is -2.39. The normalized spacial score (nSPS) is 13.0. The Morgan fingerprint density at radius 1 is 0.933 bits per heavy atom. The molecule has 0 atom stereocenters. The fourth-order valence-electron chi connectivity index (χ4n) is 3.09. The average Bonchev–Trinajstić information content (AvgIpc) is 3.52. The van der Waals surface area contributed by atoms with Gasteiger partial charge in [-0.25, -0.2) is 0 Å². The molecule has 0 saturated heterocycles. The van der Waals surface area contributed by atoms with Gasteiger partial charge in [0.05, 0.1) is 24.3 Å². The van der Waals surface area contributed by atoms with E-state index in [1.54, 1.807) is 36.2 Å². The standard InChI is InChI=1S/C23H28N4O3/c1-27(15-21(28)25-18-11-12-18)16-22(29)26-20-10-6-5-9-19(20)23(30)24-14-13-17-7-3-2-4-8-17/h2-10,18H,11-16H2,1H3,(H,24,30)(H,25,28)(H,26,29). The molecule has 3 N–H and O–H groups in total. The number of para-hydroxylation sites is 1. The smallest absolute Gasteiger partial charge is 0.253 e. The van der Waals surface area contributed by atoms with Crippen LogP contribution in [0.25, 0.3) is 0 Å². The SMILES string of the molecule is CN(CC(=O)Nc1ccccc1C(=O)NCCc1ccccc1)CC(=O)NC1CC1. The lowest BCUT2D eigenvalue weighted by atomic mass is 10.1. The van der Waals surface area contributed by atoms with Gasteiger partial charge >= 0.3 is 0 Å². The number of benzene rings is 2. The molecule has 30 heavy (non-hydrogen) atoms. The Labute approximate surface area is 176 Å². The van der Waals surface area contributed by atoms with E-state index in [4.69, 9.17) is 0 Å². The molecule has 3 rings (SSSR count). The van der Waals surface area contributed by atoms with Crippen LogP contribution in [0.2, 0.25) is 0 Å². The summed E-state index contributed by atoms with van der Waals surface area (Å²) in [5, 5.41) is 8.58. The van der Waals surface area contributed by atoms with Gasteiger partial charge in [0.2, 0.25) is 11.8 Å². The van der Waals surface area contributed by atoms with E-state index in [-0.39, 0.29) is 30.8 Å². The molecule has 0 spiro atoms. The molecule has 0 radical (unpaired) electrons. The Morgan fingerprint density at radius 2 is 1.60 bits per heavy atom. The van der Waals surface area contributed by atoms with Gasteiger partial charge in [-0.2, -0.15) is 0 Å². The maximum absolute atomic E-state index is 12.6. The van der Waals surface area contributed by atoms with Crippen LogP contribution in [-0.2, 0) is 16.0 Å². The Morgan fingerprint density at radius 3 is 2.33 bits per heavy atom. The van der Waals surface area contributed by atoms with Gasteiger partial charge in [0, 0.05) is 12.6 Å². The number of rotatable bonds is 10. The lowest BCUT2D eigenvalue weighted by molar-refractivity contribution is -0.123. The second-order valence-corrected chi connectivity index (χ2v) is 7.60. The number of amides is 3. The van der Waals surface area contributed by atoms with Gasteiger partial charge in [0.1, 0.15) is 0 Å². The number of nitrogens with one attached hydrogen (secondary N) is 3. The molecule has 0 aliphatic heterocycles. The number of carbonyl (C=O) groups excluding carboxylic acids is 3. The minimum Gasteiger partial charge on any atom is -0.352 e. The predicted molar refractivity (Wildman–Crippen MR) is 116 cm³/mol. The summed E-state index contributed by atoms with van der Waals surface area (Å²) >= 11 is 0. The highest BCUT2D eigenvalue weighted by atomic mass is 16.2. The summed E-state index contributed by atoms with van der Waals surface area (Å²) in [5.41, 5.74) is 2.01. The zero-order valence-electron chi connectivity index (χ0n) is 17.2. The molecule has 0 bridgehead atoms. The summed E-state index contributed by atoms with van der Waals surface area (Å²) in [4.78, 5) is 38.5. The van der Waals surface area contributed by atoms with Crippen LogP contribution in [0.1, 0.15) is 28.8 Å². The highest BCUT2D eigenvalue weighted by Crippen LogP contribution is 2.18. The van der Waals surface area contributed by atoms with Crippen LogP contribution in [0.4, 0.5) is 5.69 Å². The van der Waals surface area contributed by atoms with Gasteiger partial charge in [-0.3, -0.25) is 19.3 Å². The van der Waals surface area contributed by atoms with Crippen molar-refractivity contribution in [3.63, 3.8) is 0 Å². The molecule has 1 fully saturated rings. The van der Waals surface area contributed by atoms with Gasteiger partial charge in [-0.1, -0.05) is 42.5 Å². The zero-order valence-corrected chi connectivity index (χ0v) is 17.2. The maximum Gasteiger partial charge on any atom is 0.253 e. The molecular weight excluding hydrogens is 380 g/mol. The van der Waals surface area contributed by atoms with E-state index in [2.05, 4.69) is 16.0 Å². The van der Waals surface area contributed by atoms with Crippen LogP contribution in [-0.4, -0.2) is 55.3 Å². The monoisotopic (exact) mass is 408 g/mol. The molecule has 0 aromatic heterocycles. The van der Waals surface area contributed by atoms with E-state index in [9.17, 15) is 14.4 Å². The molecule has 2 aromatic carbocycles. The van der Waals surface area contributed by atoms with E-state index in [1.807, 2.05) is 30.3 Å². The van der Waals surface area contributed by atoms with Gasteiger partial charge in [-0.05, 0) is 44.0 Å². The first-order valence-corrected chi connectivity index (χ1v) is 10.2. The number of hydrogen-bond acceptors (Lipinski definition) is 4. The third-order valence-electron chi connectivity index (χ3n) is 4.76. The van der Waals surface area contributed by atoms with E-state index in [0.29, 0.717) is 23.8 Å². The highest BCUT2D eigenvalue weighted by Gasteiger charge is 2.24. The summed E-state index contributed by atoms with van der Waals surface area (Å²) in [6.45, 7) is 0.720. The van der Waals surface area contributed by atoms with Crippen molar-refractivity contribution in [1.29, 1.82) is 0 Å². The minimum atomic E-state index is -0.277. The molecule has 7 heteroatoms. The van der Waals surface area contributed by atoms with Crippen LogP contribution in [0.5, 0.6) is 0 Å². The summed E-state index contributed by atoms with van der Waals surface area (Å²) in [5.74, 6) is -0.591. The van der Waals surface area contributed by atoms with Crippen LogP contribution in [0.15, 0.2) is 54.6 Å². The van der Waals surface area contributed by atoms with E-state index in [0.717, 1.165) is 24.8 Å². The van der Waals surface area contributed by atoms with Gasteiger partial charge in [-0.15, -0.1) is 0 Å². The van der Waals surface area contributed by atoms with Crippen LogP contribution < -0.4 is 16.0 Å². The van der Waals surface area contributed by atoms with Gasteiger partial charge in [0.15, 0.2) is 0 Å². The maximum atomic E-state index is 12.6. The molecule has 2 aromatic rings. The summed E-state index contributed by atoms with van der Waals surface area (Å²) in [7, 11) is 1.72. The van der Waals surface area contributed by atoms with Gasteiger partial charge < -0.3 is 16.0 Å². The number of carbonyl (C=O) groups is 3.